The normalized spacial score (nSPS) is 22.4. The van der Waals surface area contributed by atoms with Gasteiger partial charge in [0.15, 0.2) is 6.10 Å². The molecule has 16 nitrogen and oxygen atoms in total. The molecule has 0 bridgehead atoms. The highest BCUT2D eigenvalue weighted by Gasteiger charge is 2.54. The number of phosphoric acid groups is 2. The molecule has 1 saturated carbocycles. The molecule has 1 rings (SSSR count). The molecule has 0 spiro atoms. The van der Waals surface area contributed by atoms with Crippen molar-refractivity contribution in [3.05, 3.63) is 0 Å². The van der Waals surface area contributed by atoms with Crippen molar-refractivity contribution in [2.24, 2.45) is 0 Å². The van der Waals surface area contributed by atoms with E-state index < -0.39 is 83.5 Å². The fourth-order valence-corrected chi connectivity index (χ4v) is 6.55. The van der Waals surface area contributed by atoms with Gasteiger partial charge in [0.25, 0.3) is 0 Å². The van der Waals surface area contributed by atoms with E-state index in [1.54, 1.807) is 0 Å². The van der Waals surface area contributed by atoms with Crippen LogP contribution < -0.4 is 0 Å². The van der Waals surface area contributed by atoms with E-state index in [-0.39, 0.29) is 29.9 Å². The molecule has 0 aromatic carbocycles. The highest BCUT2D eigenvalue weighted by Crippen LogP contribution is 2.48. The summed E-state index contributed by atoms with van der Waals surface area (Å²) in [5, 5.41) is 41.0. The lowest BCUT2D eigenvalue weighted by molar-refractivity contribution is -0.216. The van der Waals surface area contributed by atoms with Crippen LogP contribution in [0.5, 0.6) is 0 Å². The zero-order valence-electron chi connectivity index (χ0n) is 29.6. The predicted molar refractivity (Wildman–Crippen MR) is 210 cm³/mol. The van der Waals surface area contributed by atoms with Crippen LogP contribution in [0.15, 0.2) is 0 Å². The van der Waals surface area contributed by atoms with Gasteiger partial charge in [0.2, 0.25) is 0 Å². The minimum atomic E-state index is -5.32. The summed E-state index contributed by atoms with van der Waals surface area (Å²) in [6.45, 7) is 0.575. The molecule has 1 aliphatic carbocycles. The molecule has 7 N–H and O–H groups in total. The minimum Gasteiger partial charge on any atom is -0.456 e. The Morgan fingerprint density at radius 3 is 1.64 bits per heavy atom. The first-order valence-corrected chi connectivity index (χ1v) is 20.1. The van der Waals surface area contributed by atoms with Crippen molar-refractivity contribution in [2.75, 3.05) is 13.2 Å². The quantitative estimate of drug-likeness (QED) is 0.0240. The van der Waals surface area contributed by atoms with Gasteiger partial charge in [-0.3, -0.25) is 18.4 Å². The summed E-state index contributed by atoms with van der Waals surface area (Å²) in [5.41, 5.74) is 0. The van der Waals surface area contributed by atoms with Crippen LogP contribution in [0.25, 0.3) is 0 Å². The molecule has 0 radical (unpaired) electrons. The van der Waals surface area contributed by atoms with Gasteiger partial charge in [0.1, 0.15) is 43.2 Å². The second kappa shape index (κ2) is 28.1. The average molecular weight is 825 g/mol. The van der Waals surface area contributed by atoms with Crippen LogP contribution in [-0.2, 0) is 41.8 Å². The first-order chi connectivity index (χ1) is 24.6. The first kappa shape index (κ1) is 50.6. The topological polar surface area (TPSA) is 256 Å². The van der Waals surface area contributed by atoms with Gasteiger partial charge < -0.3 is 44.6 Å². The third-order valence-electron chi connectivity index (χ3n) is 7.65. The Hall–Kier alpha value is -2.41. The highest BCUT2D eigenvalue weighted by atomic mass is 32.1. The molecule has 314 valence electrons. The number of rotatable bonds is 24. The molecule has 1 fully saturated rings. The lowest BCUT2D eigenvalue weighted by Gasteiger charge is -2.43. The van der Waals surface area contributed by atoms with E-state index in [1.807, 2.05) is 11.8 Å². The van der Waals surface area contributed by atoms with E-state index >= 15 is 0 Å². The second-order valence-electron chi connectivity index (χ2n) is 12.0. The zero-order valence-corrected chi connectivity index (χ0v) is 32.4. The molecule has 0 aromatic heterocycles. The summed E-state index contributed by atoms with van der Waals surface area (Å²) in [6, 6.07) is 0. The maximum atomic E-state index is 12.7. The molecular formula is C34H66O16P2S. The maximum Gasteiger partial charge on any atom is 0.472 e. The summed E-state index contributed by atoms with van der Waals surface area (Å²) in [4.78, 5) is 52.9. The smallest absolute Gasteiger partial charge is 0.456 e. The molecule has 0 aliphatic heterocycles. The Kier molecular flexibility index (Phi) is 26.8. The number of aliphatic hydroxyl groups is 4. The van der Waals surface area contributed by atoms with Gasteiger partial charge >= 0.3 is 27.6 Å². The van der Waals surface area contributed by atoms with Crippen LogP contribution in [0.2, 0.25) is 0 Å². The SMILES string of the molecule is C#CC#CC#CC#CC(=O)OC[C@H](COP(=O)(O)OC1C(O)[C@@H](O)C(OP(=O)(O)O)[C@@H](O)[C@H]1O)OC(=O)CCCCCCCCCCCCCCC.S.[HH].[HH].[HH].[HH].[HH].[HH].[HH]. The van der Waals surface area contributed by atoms with Gasteiger partial charge in [0, 0.05) is 22.3 Å². The van der Waals surface area contributed by atoms with Crippen molar-refractivity contribution in [3.63, 3.8) is 0 Å². The molecule has 0 saturated heterocycles. The Labute approximate surface area is 328 Å². The number of carbonyl (C=O) groups excluding carboxylic acids is 2. The first-order valence-electron chi connectivity index (χ1n) is 17.1. The molecule has 0 aromatic rings. The number of terminal acetylenes is 1. The fraction of sp³-hybridized carbons (Fsp3) is 0.706. The van der Waals surface area contributed by atoms with Crippen molar-refractivity contribution < 1.29 is 86.9 Å². The maximum absolute atomic E-state index is 12.7. The lowest BCUT2D eigenvalue weighted by atomic mass is 9.85. The van der Waals surface area contributed by atoms with Gasteiger partial charge in [-0.25, -0.2) is 13.9 Å². The summed E-state index contributed by atoms with van der Waals surface area (Å²) in [5.74, 6) is 13.4. The number of hydrogen-bond acceptors (Lipinski definition) is 13. The monoisotopic (exact) mass is 824 g/mol. The van der Waals surface area contributed by atoms with Gasteiger partial charge in [0.05, 0.1) is 6.61 Å². The van der Waals surface area contributed by atoms with Crippen molar-refractivity contribution in [1.29, 1.82) is 0 Å². The molecule has 0 amide bonds. The van der Waals surface area contributed by atoms with Crippen molar-refractivity contribution >= 4 is 41.1 Å². The molecule has 8 atom stereocenters. The number of esters is 2. The van der Waals surface area contributed by atoms with Crippen LogP contribution in [0.1, 0.15) is 107 Å². The van der Waals surface area contributed by atoms with Crippen LogP contribution >= 0.6 is 29.1 Å². The number of unbranched alkanes of at least 4 members (excludes halogenated alkanes) is 12. The van der Waals surface area contributed by atoms with Gasteiger partial charge in [-0.2, -0.15) is 13.5 Å². The molecule has 0 heterocycles. The molecule has 19 heteroatoms. The lowest BCUT2D eigenvalue weighted by Crippen LogP contribution is -2.64. The predicted octanol–water partition coefficient (Wildman–Crippen LogP) is 3.84. The Morgan fingerprint density at radius 2 is 1.15 bits per heavy atom. The van der Waals surface area contributed by atoms with E-state index in [4.69, 9.17) is 34.7 Å². The third kappa shape index (κ3) is 23.2. The van der Waals surface area contributed by atoms with Crippen molar-refractivity contribution in [2.45, 2.75) is 140 Å². The summed E-state index contributed by atoms with van der Waals surface area (Å²) in [7, 11) is -10.6. The Balaban J connectivity index is -0.000000563. The Morgan fingerprint density at radius 1 is 0.698 bits per heavy atom. The van der Waals surface area contributed by atoms with Gasteiger partial charge in [-0.15, -0.1) is 6.42 Å². The zero-order chi connectivity index (χ0) is 39.0. The number of hydrogen-bond donors (Lipinski definition) is 7. The minimum absolute atomic E-state index is 0. The standard InChI is InChI=1S/C34H50O16P2.H2S.7H2/c1-3-5-7-9-11-12-13-14-15-16-17-19-21-23-28(36)48-26(24-46-27(35)22-20-18-10-8-6-4-2)25-47-52(44,45)50-34-31(39)29(37)33(30(38)32(34)40)49-51(41,42)43;;;;;;;;/h2,26,29-34,37-40H,3,5,7,9,11-17,19,21,23-25H2,1H3,(H,44,45)(H2,41,42,43);1H2;7*1H/t26-,29-,30+,31?,32-,33?,34?;;;;;;;;/m1......../s1. The van der Waals surface area contributed by atoms with E-state index in [0.29, 0.717) is 6.42 Å². The average Bonchev–Trinajstić information content (AvgIpc) is 3.08. The highest BCUT2D eigenvalue weighted by molar-refractivity contribution is 7.59. The van der Waals surface area contributed by atoms with Gasteiger partial charge in [-0.05, 0) is 41.9 Å². The van der Waals surface area contributed by atoms with E-state index in [1.165, 1.54) is 44.9 Å². The van der Waals surface area contributed by atoms with E-state index in [9.17, 15) is 44.0 Å². The molecular weight excluding hydrogens is 758 g/mol. The number of phosphoric ester groups is 2. The second-order valence-corrected chi connectivity index (χ2v) is 14.6. The third-order valence-corrected chi connectivity index (χ3v) is 9.16. The van der Waals surface area contributed by atoms with E-state index in [2.05, 4.69) is 41.0 Å². The fourth-order valence-electron chi connectivity index (χ4n) is 5.02. The summed E-state index contributed by atoms with van der Waals surface area (Å²) >= 11 is 0. The van der Waals surface area contributed by atoms with Crippen LogP contribution in [0.4, 0.5) is 0 Å². The van der Waals surface area contributed by atoms with Gasteiger partial charge in [-0.1, -0.05) is 84.0 Å². The molecule has 1 aliphatic rings. The van der Waals surface area contributed by atoms with Crippen LogP contribution in [-0.4, -0.2) is 103 Å². The van der Waals surface area contributed by atoms with Crippen LogP contribution in [0.3, 0.4) is 0 Å². The number of aliphatic hydroxyl groups excluding tert-OH is 4. The summed E-state index contributed by atoms with van der Waals surface area (Å²) in [6.07, 6.45) is 4.08. The van der Waals surface area contributed by atoms with Crippen LogP contribution in [0, 0.1) is 47.9 Å². The number of carbonyl (C=O) groups is 2. The van der Waals surface area contributed by atoms with Crippen molar-refractivity contribution in [3.8, 4) is 47.9 Å². The number of ether oxygens (including phenoxy) is 2. The molecule has 53 heavy (non-hydrogen) atoms. The summed E-state index contributed by atoms with van der Waals surface area (Å²) < 4.78 is 48.0. The molecule has 4 unspecified atom stereocenters. The Bertz CT molecular complexity index is 1440. The van der Waals surface area contributed by atoms with Crippen molar-refractivity contribution in [1.82, 2.24) is 0 Å². The van der Waals surface area contributed by atoms with E-state index in [0.717, 1.165) is 32.1 Å². The largest absolute Gasteiger partial charge is 0.472 e.